The lowest BCUT2D eigenvalue weighted by Gasteiger charge is -2.32. The molecule has 6 aromatic heterocycles. The van der Waals surface area contributed by atoms with Crippen molar-refractivity contribution in [3.63, 3.8) is 0 Å². The number of nitrogens with one attached hydrogen (secondary N) is 4. The molecule has 0 amide bonds. The number of benzene rings is 8. The predicted molar refractivity (Wildman–Crippen MR) is 538 cm³/mol. The van der Waals surface area contributed by atoms with Gasteiger partial charge < -0.3 is 19.9 Å². The number of aryl methyl sites for hydroxylation is 2. The summed E-state index contributed by atoms with van der Waals surface area (Å²) >= 11 is 0. The largest absolute Gasteiger partial charge is 0.354 e. The minimum Gasteiger partial charge on any atom is -0.354 e. The molecule has 0 aliphatic carbocycles. The van der Waals surface area contributed by atoms with Crippen molar-refractivity contribution in [2.75, 3.05) is 0 Å². The molecule has 0 spiro atoms. The van der Waals surface area contributed by atoms with Crippen LogP contribution in [-0.2, 0) is 27.1 Å². The summed E-state index contributed by atoms with van der Waals surface area (Å²) in [6.07, 6.45) is 25.9. The highest BCUT2D eigenvalue weighted by Gasteiger charge is 2.31. The molecule has 18 rings (SSSR count). The topological polar surface area (TPSA) is 115 Å². The zero-order chi connectivity index (χ0) is 87.7. The molecule has 0 fully saturated rings. The molecule has 14 aromatic rings. The van der Waals surface area contributed by atoms with Crippen LogP contribution in [0.4, 0.5) is 0 Å². The number of fused-ring (bicyclic) bond motifs is 16. The molecule has 8 aromatic carbocycles. The van der Waals surface area contributed by atoms with Gasteiger partial charge in [0.1, 0.15) is 0 Å². The number of aromatic nitrogens is 8. The molecule has 4 aliphatic rings. The Hall–Kier alpha value is -14.3. The smallest absolute Gasteiger partial charge is 0.0737 e. The Balaban J connectivity index is 0.807. The molecule has 8 nitrogen and oxygen atoms in total. The zero-order valence-corrected chi connectivity index (χ0v) is 74.9. The first-order valence-electron chi connectivity index (χ1n) is 44.1. The van der Waals surface area contributed by atoms with E-state index in [2.05, 4.69) is 434 Å². The summed E-state index contributed by atoms with van der Waals surface area (Å²) in [6, 6.07) is 86.4. The highest BCUT2D eigenvalue weighted by atomic mass is 14.8. The monoisotopic (exact) mass is 1640 g/mol. The van der Waals surface area contributed by atoms with Crippen LogP contribution in [0.2, 0.25) is 0 Å². The van der Waals surface area contributed by atoms with Gasteiger partial charge in [0.15, 0.2) is 0 Å². The summed E-state index contributed by atoms with van der Waals surface area (Å²) in [4.78, 5) is 38.9. The Morgan fingerprint density at radius 1 is 0.246 bits per heavy atom. The normalized spacial score (nSPS) is 12.7. The second-order valence-electron chi connectivity index (χ2n) is 38.4. The summed E-state index contributed by atoms with van der Waals surface area (Å²) in [5.41, 5.74) is 40.0. The third kappa shape index (κ3) is 16.2. The molecule has 0 saturated carbocycles. The average molecular weight is 1640 g/mol. The molecule has 0 radical (unpaired) electrons. The molecular weight excluding hydrogens is 1530 g/mol. The average Bonchev–Trinajstić information content (AvgIpc) is 1.58. The van der Waals surface area contributed by atoms with Gasteiger partial charge in [0.25, 0.3) is 0 Å². The van der Waals surface area contributed by atoms with E-state index in [9.17, 15) is 0 Å². The van der Waals surface area contributed by atoms with Crippen LogP contribution in [0, 0.1) is 25.7 Å². The van der Waals surface area contributed by atoms with Crippen molar-refractivity contribution < 1.29 is 0 Å². The number of hydrogen-bond acceptors (Lipinski definition) is 4. The van der Waals surface area contributed by atoms with E-state index in [0.717, 1.165) is 209 Å². The lowest BCUT2D eigenvalue weighted by molar-refractivity contribution is 0.442. The summed E-state index contributed by atoms with van der Waals surface area (Å²) in [5.74, 6) is 7.18. The van der Waals surface area contributed by atoms with Gasteiger partial charge in [0, 0.05) is 105 Å². The third-order valence-electron chi connectivity index (χ3n) is 25.2. The van der Waals surface area contributed by atoms with Gasteiger partial charge in [-0.05, 0) is 248 Å². The molecule has 0 atom stereocenters. The van der Waals surface area contributed by atoms with E-state index in [0.29, 0.717) is 0 Å². The van der Waals surface area contributed by atoms with Crippen LogP contribution >= 0.6 is 0 Å². The van der Waals surface area contributed by atoms with Crippen LogP contribution in [-0.4, -0.2) is 39.9 Å². The molecule has 0 unspecified atom stereocenters. The minimum absolute atomic E-state index is 0.160. The van der Waals surface area contributed by atoms with Crippen LogP contribution in [0.5, 0.6) is 0 Å². The van der Waals surface area contributed by atoms with Crippen molar-refractivity contribution >= 4 is 92.7 Å². The Bertz CT molecular complexity index is 7070. The molecule has 4 aliphatic heterocycles. The summed E-state index contributed by atoms with van der Waals surface area (Å²) in [7, 11) is 0. The third-order valence-corrected chi connectivity index (χ3v) is 25.2. The lowest BCUT2D eigenvalue weighted by atomic mass is 9.72. The number of allylic oxidation sites excluding steroid dienone is 3. The first-order chi connectivity index (χ1) is 60.5. The van der Waals surface area contributed by atoms with Crippen LogP contribution < -0.4 is 0 Å². The van der Waals surface area contributed by atoms with Gasteiger partial charge in [-0.1, -0.05) is 288 Å². The van der Waals surface area contributed by atoms with Crippen molar-refractivity contribution in [1.29, 1.82) is 0 Å². The first kappa shape index (κ1) is 82.7. The van der Waals surface area contributed by atoms with Crippen LogP contribution in [0.15, 0.2) is 275 Å². The minimum atomic E-state index is -0.233. The second kappa shape index (κ2) is 32.8. The fourth-order valence-electron chi connectivity index (χ4n) is 18.2. The maximum Gasteiger partial charge on any atom is 0.0737 e. The quantitative estimate of drug-likeness (QED) is 0.0605. The molecule has 8 heteroatoms. The summed E-state index contributed by atoms with van der Waals surface area (Å²) < 4.78 is 0. The van der Waals surface area contributed by atoms with Crippen molar-refractivity contribution in [3.05, 3.63) is 370 Å². The van der Waals surface area contributed by atoms with Gasteiger partial charge in [-0.15, -0.1) is 19.7 Å². The number of hydrogen-bond donors (Lipinski definition) is 4. The van der Waals surface area contributed by atoms with E-state index in [4.69, 9.17) is 19.9 Å². The lowest BCUT2D eigenvalue weighted by Crippen LogP contribution is -2.24. The molecule has 16 bridgehead atoms. The second-order valence-corrected chi connectivity index (χ2v) is 38.4. The highest BCUT2D eigenvalue weighted by Crippen LogP contribution is 2.47. The molecule has 0 saturated heterocycles. The van der Waals surface area contributed by atoms with Gasteiger partial charge in [-0.3, -0.25) is 0 Å². The summed E-state index contributed by atoms with van der Waals surface area (Å²) in [5, 5.41) is 0. The number of rotatable bonds is 15. The van der Waals surface area contributed by atoms with E-state index in [1.54, 1.807) is 0 Å². The molecule has 4 N–H and O–H groups in total. The maximum atomic E-state index is 5.86. The van der Waals surface area contributed by atoms with E-state index >= 15 is 0 Å². The fourth-order valence-corrected chi connectivity index (χ4v) is 18.2. The summed E-state index contributed by atoms with van der Waals surface area (Å²) in [6.45, 7) is 44.6. The van der Waals surface area contributed by atoms with Gasteiger partial charge in [-0.25, -0.2) is 19.9 Å². The van der Waals surface area contributed by atoms with Crippen molar-refractivity contribution in [2.24, 2.45) is 0 Å². The van der Waals surface area contributed by atoms with E-state index in [1.165, 1.54) is 38.9 Å². The maximum absolute atomic E-state index is 5.86. The van der Waals surface area contributed by atoms with Crippen LogP contribution in [0.3, 0.4) is 0 Å². The molecule has 126 heavy (non-hydrogen) atoms. The zero-order valence-electron chi connectivity index (χ0n) is 74.9. The predicted octanol–water partition coefficient (Wildman–Crippen LogP) is 31.1. The Kier molecular flexibility index (Phi) is 21.5. The van der Waals surface area contributed by atoms with Crippen molar-refractivity contribution in [2.45, 2.75) is 143 Å². The van der Waals surface area contributed by atoms with Gasteiger partial charge in [0.2, 0.25) is 0 Å². The van der Waals surface area contributed by atoms with Crippen LogP contribution in [0.25, 0.3) is 182 Å². The molecule has 620 valence electrons. The van der Waals surface area contributed by atoms with E-state index < -0.39 is 0 Å². The van der Waals surface area contributed by atoms with Crippen molar-refractivity contribution in [1.82, 2.24) is 39.9 Å². The fraction of sp³-hybridized carbons (Fsp3) is 0.186. The standard InChI is InChI=1S/C118H108N8/c1-18-64-118(65-19-2,66-20-3)85-46-44-82(45-47-85)111-100-58-62-104(125-100)112(83-67-86(114(6,7)8)71-87(68-83)115(9,10)11)102-60-56-98(123-102)110(99-57-61-103(124-99)113(105-63-59-101(111)126-105)84-69-88(116(12,13)14)72-89(70-84)117(15,16)17)81-42-34-76(35-43-81)31-30-75-32-40-80(41-33-75)109-96-54-52-94(121-96)107(78-36-26-73(4)27-37-78)92-50-48-90(119-92)106(77-24-22-21-23-25-77)91-49-51-93(120-91)108(95-53-55-97(109)122-95)79-38-28-74(5)29-39-79/h18-29,32-63,67-72,119,122-123,126H,1-3,64-66H2,4-17H3. The Morgan fingerprint density at radius 3 is 0.690 bits per heavy atom. The molecule has 10 heterocycles. The van der Waals surface area contributed by atoms with Gasteiger partial charge in [-0.2, -0.15) is 0 Å². The highest BCUT2D eigenvalue weighted by molar-refractivity contribution is 6.03. The van der Waals surface area contributed by atoms with Gasteiger partial charge in [0.05, 0.1) is 45.6 Å². The van der Waals surface area contributed by atoms with Gasteiger partial charge >= 0.3 is 0 Å². The van der Waals surface area contributed by atoms with E-state index in [-0.39, 0.29) is 27.1 Å². The van der Waals surface area contributed by atoms with Crippen molar-refractivity contribution in [3.8, 4) is 101 Å². The number of nitrogens with zero attached hydrogens (tertiary/aromatic N) is 4. The molecular formula is C118H108N8. The Labute approximate surface area is 742 Å². The Morgan fingerprint density at radius 2 is 0.460 bits per heavy atom. The number of H-pyrrole nitrogens is 4. The van der Waals surface area contributed by atoms with E-state index in [1.807, 2.05) is 18.2 Å². The van der Waals surface area contributed by atoms with Crippen LogP contribution in [0.1, 0.15) is 198 Å². The first-order valence-corrected chi connectivity index (χ1v) is 44.1. The SMILES string of the molecule is C=CCC(CC=C)(CC=C)c1ccc(-c2c3nc(c(-c4cc(C(C)(C)C)cc(C(C)(C)C)c4)c4ccc([nH]4)c(-c4ccc(C#Cc5ccc(-c6c7nc(c(-c8ccc(C)cc8)c8ccc([nH]8)c(-c8ccccc8)c8nc(c(-c9ccc(C)cc9)c9ccc6[nH]9)C=C8)C=C7)cc5)cc4)c4nc(c(-c5cc(C(C)(C)C)cc(C(C)(C)C)c5)c5ccc2[nH]5)C=C4)C=C3)cc1. The number of aromatic amines is 4.